The Morgan fingerprint density at radius 2 is 1.61 bits per heavy atom. The van der Waals surface area contributed by atoms with Gasteiger partial charge in [0.25, 0.3) is 0 Å². The van der Waals surface area contributed by atoms with E-state index in [2.05, 4.69) is 78.7 Å². The van der Waals surface area contributed by atoms with Crippen molar-refractivity contribution in [3.05, 3.63) is 102 Å². The van der Waals surface area contributed by atoms with Crippen LogP contribution in [-0.2, 0) is 11.3 Å². The number of aromatic nitrogens is 7. The molecule has 0 spiro atoms. The summed E-state index contributed by atoms with van der Waals surface area (Å²) in [4.78, 5) is 28.8. The Morgan fingerprint density at radius 1 is 0.932 bits per heavy atom. The number of rotatable bonds is 8. The first-order valence-electron chi connectivity index (χ1n) is 15.3. The van der Waals surface area contributed by atoms with Gasteiger partial charge in [-0.05, 0) is 36.8 Å². The highest BCUT2D eigenvalue weighted by molar-refractivity contribution is 5.68. The Hall–Kier alpha value is -4.84. The normalized spacial score (nSPS) is 17.6. The van der Waals surface area contributed by atoms with Crippen LogP contribution in [0.1, 0.15) is 54.6 Å². The lowest BCUT2D eigenvalue weighted by Gasteiger charge is -2.42. The number of hydrogen-bond acceptors (Lipinski definition) is 8. The molecule has 0 bridgehead atoms. The van der Waals surface area contributed by atoms with E-state index in [1.807, 2.05) is 32.5 Å². The van der Waals surface area contributed by atoms with Gasteiger partial charge in [-0.1, -0.05) is 65.9 Å². The highest BCUT2D eigenvalue weighted by Gasteiger charge is 2.36. The van der Waals surface area contributed by atoms with Gasteiger partial charge in [0, 0.05) is 26.2 Å². The Balaban J connectivity index is 1.18. The first-order valence-corrected chi connectivity index (χ1v) is 15.3. The molecule has 44 heavy (non-hydrogen) atoms. The number of fused-ring (bicyclic) bond motifs is 1. The highest BCUT2D eigenvalue weighted by Crippen LogP contribution is 2.37. The molecule has 2 aromatic carbocycles. The van der Waals surface area contributed by atoms with Gasteiger partial charge < -0.3 is 19.2 Å². The van der Waals surface area contributed by atoms with Gasteiger partial charge in [0.15, 0.2) is 11.1 Å². The molecule has 1 amide bonds. The van der Waals surface area contributed by atoms with Crippen LogP contribution in [0.4, 0.5) is 4.79 Å². The van der Waals surface area contributed by atoms with E-state index in [1.165, 1.54) is 5.56 Å². The first-order chi connectivity index (χ1) is 21.6. The number of H-pyrrole nitrogens is 1. The highest BCUT2D eigenvalue weighted by atomic mass is 16.6. The number of carbonyl (C=O) groups is 1. The van der Waals surface area contributed by atoms with Crippen molar-refractivity contribution in [2.45, 2.75) is 50.4 Å². The molecule has 1 aliphatic carbocycles. The van der Waals surface area contributed by atoms with Crippen LogP contribution in [-0.4, -0.2) is 82.7 Å². The van der Waals surface area contributed by atoms with Gasteiger partial charge >= 0.3 is 6.09 Å². The van der Waals surface area contributed by atoms with E-state index in [0.29, 0.717) is 43.9 Å². The molecule has 2 aliphatic rings. The molecular weight excluding hydrogens is 556 g/mol. The lowest BCUT2D eigenvalue weighted by molar-refractivity contribution is 0.0350. The molecule has 3 aromatic heterocycles. The number of imidazole rings is 1. The number of hydrogen-bond donors (Lipinski definition) is 2. The Bertz CT molecular complexity index is 1750. The van der Waals surface area contributed by atoms with Crippen molar-refractivity contribution in [2.24, 2.45) is 0 Å². The summed E-state index contributed by atoms with van der Waals surface area (Å²) in [6, 6.07) is 20.7. The quantitative estimate of drug-likeness (QED) is 0.279. The molecular formula is C32H36N10O2. The van der Waals surface area contributed by atoms with Crippen LogP contribution in [0.3, 0.4) is 0 Å². The lowest BCUT2D eigenvalue weighted by atomic mass is 9.91. The second-order valence-corrected chi connectivity index (χ2v) is 11.5. The van der Waals surface area contributed by atoms with Gasteiger partial charge in [0.2, 0.25) is 0 Å². The van der Waals surface area contributed by atoms with Crippen LogP contribution < -0.4 is 5.49 Å². The predicted molar refractivity (Wildman–Crippen MR) is 163 cm³/mol. The van der Waals surface area contributed by atoms with Crippen LogP contribution >= 0.6 is 0 Å². The summed E-state index contributed by atoms with van der Waals surface area (Å²) < 4.78 is 9.65. The Kier molecular flexibility index (Phi) is 7.89. The molecule has 12 heteroatoms. The molecule has 0 radical (unpaired) electrons. The summed E-state index contributed by atoms with van der Waals surface area (Å²) >= 11 is 0. The zero-order chi connectivity index (χ0) is 29.9. The SMILES string of the molecule is N=c1ncn(Cc2cn([C@@H](c3ccccc3)[C@@H](c3ccccc3)N3CCN(C(=O)OC4CCCC4)CC3)nn2)c2nc[nH]c12. The van der Waals surface area contributed by atoms with Crippen molar-refractivity contribution in [1.29, 1.82) is 5.41 Å². The molecule has 2 fully saturated rings. The third-order valence-electron chi connectivity index (χ3n) is 8.75. The number of amides is 1. The van der Waals surface area contributed by atoms with Crippen LogP contribution in [0.15, 0.2) is 79.5 Å². The Morgan fingerprint density at radius 3 is 2.32 bits per heavy atom. The van der Waals surface area contributed by atoms with Crippen molar-refractivity contribution < 1.29 is 9.53 Å². The largest absolute Gasteiger partial charge is 0.446 e. The third-order valence-corrected chi connectivity index (χ3v) is 8.75. The van der Waals surface area contributed by atoms with Crippen molar-refractivity contribution in [3.8, 4) is 0 Å². The summed E-state index contributed by atoms with van der Waals surface area (Å²) in [7, 11) is 0. The fourth-order valence-electron chi connectivity index (χ4n) is 6.52. The monoisotopic (exact) mass is 592 g/mol. The molecule has 0 unspecified atom stereocenters. The second-order valence-electron chi connectivity index (χ2n) is 11.5. The zero-order valence-electron chi connectivity index (χ0n) is 24.5. The lowest BCUT2D eigenvalue weighted by Crippen LogP contribution is -2.51. The van der Waals surface area contributed by atoms with Crippen LogP contribution in [0.2, 0.25) is 0 Å². The minimum atomic E-state index is -0.190. The Labute approximate surface area is 254 Å². The molecule has 2 atom stereocenters. The predicted octanol–water partition coefficient (Wildman–Crippen LogP) is 3.91. The average Bonchev–Trinajstić information content (AvgIpc) is 3.86. The number of nitrogens with one attached hydrogen (secondary N) is 2. The van der Waals surface area contributed by atoms with Crippen molar-refractivity contribution in [2.75, 3.05) is 26.2 Å². The number of nitrogens with zero attached hydrogens (tertiary/aromatic N) is 8. The maximum atomic E-state index is 13.0. The van der Waals surface area contributed by atoms with Crippen molar-refractivity contribution >= 4 is 17.3 Å². The van der Waals surface area contributed by atoms with Gasteiger partial charge in [-0.25, -0.2) is 19.4 Å². The number of piperazine rings is 1. The second kappa shape index (κ2) is 12.4. The minimum Gasteiger partial charge on any atom is -0.446 e. The minimum absolute atomic E-state index is 0.0592. The topological polar surface area (TPSA) is 134 Å². The molecule has 1 aliphatic heterocycles. The molecule has 7 rings (SSSR count). The van der Waals surface area contributed by atoms with Crippen molar-refractivity contribution in [1.82, 2.24) is 44.3 Å². The van der Waals surface area contributed by atoms with Crippen molar-refractivity contribution in [3.63, 3.8) is 0 Å². The number of aromatic amines is 1. The molecule has 1 saturated carbocycles. The summed E-state index contributed by atoms with van der Waals surface area (Å²) in [6.45, 7) is 3.04. The van der Waals surface area contributed by atoms with Crippen LogP contribution in [0.25, 0.3) is 11.2 Å². The molecule has 5 aromatic rings. The standard InChI is InChI=1S/C32H36N10O2/c33-30-27-31(35-21-34-27)41(22-36-30)19-25-20-42(38-37-25)29(24-11-5-2-6-12-24)28(23-9-3-1-4-10-23)39-15-17-40(18-16-39)32(43)44-26-13-7-8-14-26/h1-6,9-12,20-22,26,28-29,33H,7-8,13-19H2,(H,34,35)/t28-,29+/m1/s1. The van der Waals surface area contributed by atoms with E-state index in [-0.39, 0.29) is 29.8 Å². The van der Waals surface area contributed by atoms with Gasteiger partial charge in [0.05, 0.1) is 37.5 Å². The molecule has 1 saturated heterocycles. The summed E-state index contributed by atoms with van der Waals surface area (Å²) in [5, 5.41) is 17.3. The van der Waals surface area contributed by atoms with Crippen LogP contribution in [0, 0.1) is 5.41 Å². The van der Waals surface area contributed by atoms with E-state index in [4.69, 9.17) is 10.1 Å². The van der Waals surface area contributed by atoms with E-state index < -0.39 is 0 Å². The average molecular weight is 593 g/mol. The molecule has 12 nitrogen and oxygen atoms in total. The van der Waals surface area contributed by atoms with E-state index >= 15 is 0 Å². The van der Waals surface area contributed by atoms with Crippen LogP contribution in [0.5, 0.6) is 0 Å². The van der Waals surface area contributed by atoms with Gasteiger partial charge in [-0.3, -0.25) is 10.3 Å². The molecule has 226 valence electrons. The summed E-state index contributed by atoms with van der Waals surface area (Å²) in [6.07, 6.45) is 9.25. The zero-order valence-corrected chi connectivity index (χ0v) is 24.5. The fourth-order valence-corrected chi connectivity index (χ4v) is 6.52. The third kappa shape index (κ3) is 5.72. The van der Waals surface area contributed by atoms with Gasteiger partial charge in [-0.15, -0.1) is 5.10 Å². The van der Waals surface area contributed by atoms with E-state index in [1.54, 1.807) is 12.7 Å². The summed E-state index contributed by atoms with van der Waals surface area (Å²) in [5.74, 6) is 0. The first kappa shape index (κ1) is 28.0. The van der Waals surface area contributed by atoms with E-state index in [9.17, 15) is 4.79 Å². The number of carbonyl (C=O) groups excluding carboxylic acids is 1. The van der Waals surface area contributed by atoms with E-state index in [0.717, 1.165) is 36.9 Å². The molecule has 4 heterocycles. The maximum Gasteiger partial charge on any atom is 0.410 e. The smallest absolute Gasteiger partial charge is 0.410 e. The maximum absolute atomic E-state index is 13.0. The fraction of sp³-hybridized carbons (Fsp3) is 0.375. The number of benzene rings is 2. The summed E-state index contributed by atoms with van der Waals surface area (Å²) in [5.41, 5.74) is 4.42. The van der Waals surface area contributed by atoms with Gasteiger partial charge in [-0.2, -0.15) is 0 Å². The number of ether oxygens (including phenoxy) is 1. The van der Waals surface area contributed by atoms with Gasteiger partial charge in [0.1, 0.15) is 17.3 Å². The molecule has 2 N–H and O–H groups in total.